The standard InChI is InChI=1S/C13H20N2O3S/c1-3-19(17,18)12-7-5-11(6-8-12)15-13(16)9-4-10(2)14/h5-8,10H,3-4,9,14H2,1-2H3,(H,15,16). The maximum atomic E-state index is 11.6. The topological polar surface area (TPSA) is 89.3 Å². The maximum absolute atomic E-state index is 11.6. The van der Waals surface area contributed by atoms with Crippen LogP contribution in [0.25, 0.3) is 0 Å². The van der Waals surface area contributed by atoms with Crippen LogP contribution in [-0.2, 0) is 14.6 Å². The highest BCUT2D eigenvalue weighted by Gasteiger charge is 2.11. The van der Waals surface area contributed by atoms with E-state index in [-0.39, 0.29) is 22.6 Å². The Morgan fingerprint density at radius 2 is 1.89 bits per heavy atom. The van der Waals surface area contributed by atoms with Crippen molar-refractivity contribution >= 4 is 21.4 Å². The van der Waals surface area contributed by atoms with Crippen LogP contribution in [-0.4, -0.2) is 26.1 Å². The zero-order chi connectivity index (χ0) is 14.5. The smallest absolute Gasteiger partial charge is 0.224 e. The second kappa shape index (κ2) is 6.68. The van der Waals surface area contributed by atoms with E-state index in [1.54, 1.807) is 19.1 Å². The molecular formula is C13H20N2O3S. The fourth-order valence-corrected chi connectivity index (χ4v) is 2.38. The first kappa shape index (κ1) is 15.7. The highest BCUT2D eigenvalue weighted by atomic mass is 32.2. The van der Waals surface area contributed by atoms with Gasteiger partial charge in [-0.3, -0.25) is 4.79 Å². The number of amides is 1. The van der Waals surface area contributed by atoms with Gasteiger partial charge in [0.1, 0.15) is 0 Å². The van der Waals surface area contributed by atoms with E-state index in [0.29, 0.717) is 18.5 Å². The summed E-state index contributed by atoms with van der Waals surface area (Å²) >= 11 is 0. The number of carbonyl (C=O) groups excluding carboxylic acids is 1. The van der Waals surface area contributed by atoms with Crippen LogP contribution in [0, 0.1) is 0 Å². The molecule has 1 rings (SSSR count). The Morgan fingerprint density at radius 1 is 1.32 bits per heavy atom. The van der Waals surface area contributed by atoms with Crippen LogP contribution in [0.5, 0.6) is 0 Å². The normalized spacial score (nSPS) is 13.0. The average Bonchev–Trinajstić information content (AvgIpc) is 2.37. The van der Waals surface area contributed by atoms with Crippen LogP contribution in [0.4, 0.5) is 5.69 Å². The van der Waals surface area contributed by atoms with Gasteiger partial charge in [0.25, 0.3) is 0 Å². The van der Waals surface area contributed by atoms with Crippen molar-refractivity contribution in [3.05, 3.63) is 24.3 Å². The van der Waals surface area contributed by atoms with Gasteiger partial charge >= 0.3 is 0 Å². The number of sulfone groups is 1. The lowest BCUT2D eigenvalue weighted by atomic mass is 10.2. The van der Waals surface area contributed by atoms with E-state index in [2.05, 4.69) is 5.32 Å². The molecule has 0 bridgehead atoms. The van der Waals surface area contributed by atoms with Crippen molar-refractivity contribution in [3.63, 3.8) is 0 Å². The summed E-state index contributed by atoms with van der Waals surface area (Å²) < 4.78 is 23.2. The van der Waals surface area contributed by atoms with Crippen molar-refractivity contribution in [2.75, 3.05) is 11.1 Å². The van der Waals surface area contributed by atoms with E-state index >= 15 is 0 Å². The average molecular weight is 284 g/mol. The maximum Gasteiger partial charge on any atom is 0.224 e. The van der Waals surface area contributed by atoms with Gasteiger partial charge in [-0.05, 0) is 37.6 Å². The SMILES string of the molecule is CCS(=O)(=O)c1ccc(NC(=O)CCC(C)N)cc1. The van der Waals surface area contributed by atoms with Crippen LogP contribution in [0.1, 0.15) is 26.7 Å². The molecule has 0 aliphatic heterocycles. The second-order valence-electron chi connectivity index (χ2n) is 4.49. The third-order valence-electron chi connectivity index (χ3n) is 2.70. The number of benzene rings is 1. The molecule has 1 amide bonds. The molecule has 0 aromatic heterocycles. The molecule has 106 valence electrons. The zero-order valence-corrected chi connectivity index (χ0v) is 12.0. The lowest BCUT2D eigenvalue weighted by Gasteiger charge is -2.08. The summed E-state index contributed by atoms with van der Waals surface area (Å²) in [5.74, 6) is -0.0593. The number of hydrogen-bond acceptors (Lipinski definition) is 4. The molecule has 1 aromatic rings. The van der Waals surface area contributed by atoms with Gasteiger partial charge in [0.15, 0.2) is 9.84 Å². The minimum absolute atomic E-state index is 0.0113. The van der Waals surface area contributed by atoms with E-state index in [0.717, 1.165) is 0 Å². The van der Waals surface area contributed by atoms with Gasteiger partial charge in [0, 0.05) is 18.2 Å². The van der Waals surface area contributed by atoms with E-state index in [4.69, 9.17) is 5.73 Å². The van der Waals surface area contributed by atoms with Crippen molar-refractivity contribution in [1.82, 2.24) is 0 Å². The third-order valence-corrected chi connectivity index (χ3v) is 4.45. The Labute approximate surface area is 114 Å². The number of nitrogens with one attached hydrogen (secondary N) is 1. The van der Waals surface area contributed by atoms with Gasteiger partial charge in [-0.15, -0.1) is 0 Å². The van der Waals surface area contributed by atoms with Crippen LogP contribution >= 0.6 is 0 Å². The van der Waals surface area contributed by atoms with Crippen LogP contribution in [0.2, 0.25) is 0 Å². The van der Waals surface area contributed by atoms with Gasteiger partial charge < -0.3 is 11.1 Å². The van der Waals surface area contributed by atoms with E-state index < -0.39 is 9.84 Å². The Kier molecular flexibility index (Phi) is 5.50. The Hall–Kier alpha value is -1.40. The molecule has 6 heteroatoms. The Morgan fingerprint density at radius 3 is 2.37 bits per heavy atom. The van der Waals surface area contributed by atoms with Gasteiger partial charge in [-0.1, -0.05) is 6.92 Å². The number of carbonyl (C=O) groups is 1. The second-order valence-corrected chi connectivity index (χ2v) is 6.77. The minimum Gasteiger partial charge on any atom is -0.328 e. The summed E-state index contributed by atoms with van der Waals surface area (Å²) in [5, 5.41) is 2.70. The molecule has 1 aromatic carbocycles. The van der Waals surface area contributed by atoms with Gasteiger partial charge in [-0.25, -0.2) is 8.42 Å². The molecule has 0 aliphatic carbocycles. The third kappa shape index (κ3) is 5.00. The molecule has 1 atom stereocenters. The van der Waals surface area contributed by atoms with Gasteiger partial charge in [-0.2, -0.15) is 0 Å². The number of rotatable bonds is 6. The van der Waals surface area contributed by atoms with E-state index in [9.17, 15) is 13.2 Å². The summed E-state index contributed by atoms with van der Waals surface area (Å²) in [6, 6.07) is 6.17. The summed E-state index contributed by atoms with van der Waals surface area (Å²) in [6.07, 6.45) is 0.973. The molecule has 0 fully saturated rings. The molecule has 19 heavy (non-hydrogen) atoms. The molecule has 0 spiro atoms. The fourth-order valence-electron chi connectivity index (χ4n) is 1.49. The predicted molar refractivity (Wildman–Crippen MR) is 75.7 cm³/mol. The van der Waals surface area contributed by atoms with Crippen LogP contribution in [0.3, 0.4) is 0 Å². The van der Waals surface area contributed by atoms with Crippen molar-refractivity contribution in [3.8, 4) is 0 Å². The van der Waals surface area contributed by atoms with Crippen molar-refractivity contribution in [2.45, 2.75) is 37.6 Å². The van der Waals surface area contributed by atoms with Gasteiger partial charge in [0.2, 0.25) is 5.91 Å². The zero-order valence-electron chi connectivity index (χ0n) is 11.2. The van der Waals surface area contributed by atoms with Gasteiger partial charge in [0.05, 0.1) is 10.6 Å². The molecule has 1 unspecified atom stereocenters. The summed E-state index contributed by atoms with van der Waals surface area (Å²) in [7, 11) is -3.19. The largest absolute Gasteiger partial charge is 0.328 e. The molecule has 0 heterocycles. The molecule has 0 radical (unpaired) electrons. The fraction of sp³-hybridized carbons (Fsp3) is 0.462. The Bertz CT molecular complexity index is 521. The van der Waals surface area contributed by atoms with Crippen molar-refractivity contribution < 1.29 is 13.2 Å². The van der Waals surface area contributed by atoms with Crippen LogP contribution < -0.4 is 11.1 Å². The number of nitrogens with two attached hydrogens (primary N) is 1. The first-order valence-electron chi connectivity index (χ1n) is 6.23. The first-order valence-corrected chi connectivity index (χ1v) is 7.88. The lowest BCUT2D eigenvalue weighted by molar-refractivity contribution is -0.116. The number of anilines is 1. The molecule has 0 saturated carbocycles. The summed E-state index contributed by atoms with van der Waals surface area (Å²) in [4.78, 5) is 11.8. The first-order chi connectivity index (χ1) is 8.85. The molecule has 0 saturated heterocycles. The lowest BCUT2D eigenvalue weighted by Crippen LogP contribution is -2.19. The quantitative estimate of drug-likeness (QED) is 0.829. The molecule has 5 nitrogen and oxygen atoms in total. The summed E-state index contributed by atoms with van der Waals surface area (Å²) in [5.41, 5.74) is 6.16. The molecule has 0 aliphatic rings. The predicted octanol–water partition coefficient (Wildman–Crippen LogP) is 1.55. The van der Waals surface area contributed by atoms with E-state index in [1.165, 1.54) is 12.1 Å². The highest BCUT2D eigenvalue weighted by molar-refractivity contribution is 7.91. The Balaban J connectivity index is 2.65. The summed E-state index contributed by atoms with van der Waals surface area (Å²) in [6.45, 7) is 3.44. The van der Waals surface area contributed by atoms with Crippen molar-refractivity contribution in [2.24, 2.45) is 5.73 Å². The van der Waals surface area contributed by atoms with E-state index in [1.807, 2.05) is 6.92 Å². The number of hydrogen-bond donors (Lipinski definition) is 2. The highest BCUT2D eigenvalue weighted by Crippen LogP contribution is 2.15. The molecular weight excluding hydrogens is 264 g/mol. The van der Waals surface area contributed by atoms with Crippen molar-refractivity contribution in [1.29, 1.82) is 0 Å². The minimum atomic E-state index is -3.19. The van der Waals surface area contributed by atoms with Crippen LogP contribution in [0.15, 0.2) is 29.2 Å². The molecule has 3 N–H and O–H groups in total. The monoisotopic (exact) mass is 284 g/mol.